The molecule has 0 aromatic rings. The Hall–Kier alpha value is 1.04. The van der Waals surface area contributed by atoms with Crippen LogP contribution in [0.4, 0.5) is 0 Å². The van der Waals surface area contributed by atoms with E-state index >= 15 is 0 Å². The Morgan fingerprint density at radius 1 is 2.00 bits per heavy atom. The first-order chi connectivity index (χ1) is 2.27. The summed E-state index contributed by atoms with van der Waals surface area (Å²) in [5.41, 5.74) is 0. The molecule has 0 atom stereocenters. The van der Waals surface area contributed by atoms with E-state index in [4.69, 9.17) is 0 Å². The van der Waals surface area contributed by atoms with Crippen molar-refractivity contribution in [3.8, 4) is 0 Å². The van der Waals surface area contributed by atoms with E-state index in [1.807, 2.05) is 6.92 Å². The number of hydrogen-bond acceptors (Lipinski definition) is 1. The van der Waals surface area contributed by atoms with Gasteiger partial charge in [0.05, 0.1) is 2.87 Å². The molecule has 0 rings (SSSR count). The zero-order valence-electron chi connectivity index (χ0n) is 2.69. The lowest BCUT2D eigenvalue weighted by Crippen LogP contribution is -1.62. The van der Waals surface area contributed by atoms with Gasteiger partial charge in [0.25, 0.3) is 0 Å². The fourth-order valence-corrected chi connectivity index (χ4v) is 0. The van der Waals surface area contributed by atoms with Gasteiger partial charge in [0.2, 0.25) is 0 Å². The van der Waals surface area contributed by atoms with E-state index in [9.17, 15) is 0 Å². The zero-order valence-corrected chi connectivity index (χ0v) is 6.48. The minimum Gasteiger partial charge on any atom is -0.0672 e. The molecule has 0 nitrogen and oxygen atoms in total. The molecule has 0 fully saturated rings. The summed E-state index contributed by atoms with van der Waals surface area (Å²) >= 11 is 6.73. The van der Waals surface area contributed by atoms with Gasteiger partial charge in [-0.1, -0.05) is 9.91 Å². The molecule has 0 saturated carbocycles. The van der Waals surface area contributed by atoms with Crippen molar-refractivity contribution in [3.63, 3.8) is 0 Å². The largest absolute Gasteiger partial charge is 0.0672 e. The lowest BCUT2D eigenvalue weighted by molar-refractivity contribution is 2.13. The lowest BCUT2D eigenvalue weighted by Gasteiger charge is -1.61. The van der Waals surface area contributed by atoms with E-state index in [-0.39, 0.29) is 0 Å². The van der Waals surface area contributed by atoms with Crippen LogP contribution in [-0.4, -0.2) is 2.87 Å². The minimum absolute atomic E-state index is 1.21. The molecule has 0 saturated heterocycles. The Labute approximate surface area is 53.3 Å². The van der Waals surface area contributed by atoms with Crippen LogP contribution in [0, 0.1) is 0 Å². The van der Waals surface area contributed by atoms with Gasteiger partial charge in [-0.25, -0.2) is 0 Å². The van der Waals surface area contributed by atoms with Crippen LogP contribution in [0.2, 0.25) is 0 Å². The van der Waals surface area contributed by atoms with E-state index in [0.29, 0.717) is 0 Å². The summed E-state index contributed by atoms with van der Waals surface area (Å²) in [6.45, 7) is 1.98. The van der Waals surface area contributed by atoms with Crippen LogP contribution in [0.3, 0.4) is 0 Å². The molecule has 0 aliphatic rings. The average Bonchev–Trinajstić information content (AvgIpc) is 1.38. The average molecular weight is 218 g/mol. The molecule has 0 amide bonds. The molecule has 0 aromatic heterocycles. The van der Waals surface area contributed by atoms with Crippen LogP contribution in [0.1, 0.15) is 6.92 Å². The predicted molar refractivity (Wildman–Crippen MR) is 39.4 cm³/mol. The Morgan fingerprint density at radius 3 is 2.20 bits per heavy atom. The maximum Gasteiger partial charge on any atom is 0.0512 e. The van der Waals surface area contributed by atoms with Crippen molar-refractivity contribution in [3.05, 3.63) is 0 Å². The summed E-state index contributed by atoms with van der Waals surface area (Å²) in [6, 6.07) is 0. The maximum absolute atomic E-state index is 4.55. The molecule has 0 N–H and O–H groups in total. The molecule has 0 aromatic carbocycles. The van der Waals surface area contributed by atoms with Crippen molar-refractivity contribution in [2.24, 2.45) is 0 Å². The molecule has 0 aliphatic carbocycles. The molecule has 0 radical (unpaired) electrons. The molecule has 0 aliphatic heterocycles. The highest BCUT2D eigenvalue weighted by Crippen LogP contribution is 1.78. The van der Waals surface area contributed by atoms with Crippen molar-refractivity contribution in [1.82, 2.24) is 0 Å². The first-order valence-electron chi connectivity index (χ1n) is 1.06. The summed E-state index contributed by atoms with van der Waals surface area (Å²) in [5.74, 6) is 0. The van der Waals surface area contributed by atoms with E-state index in [1.54, 1.807) is 0 Å². The van der Waals surface area contributed by atoms with Crippen LogP contribution >= 0.6 is 22.6 Å². The van der Waals surface area contributed by atoms with Gasteiger partial charge >= 0.3 is 0 Å². The van der Waals surface area contributed by atoms with Crippen LogP contribution in [-0.2, 0) is 21.1 Å². The first kappa shape index (κ1) is 6.04. The van der Waals surface area contributed by atoms with Crippen molar-refractivity contribution in [2.45, 2.75) is 6.92 Å². The van der Waals surface area contributed by atoms with Crippen LogP contribution < -0.4 is 0 Å². The Bertz CT molecular complexity index is 67.7. The van der Waals surface area contributed by atoms with Gasteiger partial charge < -0.3 is 0 Å². The molecule has 0 bridgehead atoms. The molecular weight excluding hydrogens is 215 g/mol. The van der Waals surface area contributed by atoms with Gasteiger partial charge in [-0.2, -0.15) is 0 Å². The van der Waals surface area contributed by atoms with Crippen LogP contribution in [0.25, 0.3) is 0 Å². The topological polar surface area (TPSA) is 0 Å². The standard InChI is InChI=1S/C2H3IS2/c1-2(3)5-4/h1H3. The molecule has 5 heavy (non-hydrogen) atoms. The summed E-state index contributed by atoms with van der Waals surface area (Å²) < 4.78 is 1.21. The van der Waals surface area contributed by atoms with Gasteiger partial charge in [0, 0.05) is 0 Å². The van der Waals surface area contributed by atoms with Gasteiger partial charge in [0.15, 0.2) is 0 Å². The predicted octanol–water partition coefficient (Wildman–Crippen LogP) is 1.12. The van der Waals surface area contributed by atoms with Gasteiger partial charge in [-0.3, -0.25) is 0 Å². The summed E-state index contributed by atoms with van der Waals surface area (Å²) in [4.78, 5) is 0. The Kier molecular flexibility index (Phi) is 3.91. The molecular formula is C2H3IS2. The first-order valence-corrected chi connectivity index (χ1v) is 3.88. The second-order valence-electron chi connectivity index (χ2n) is 0.554. The third-order valence-corrected chi connectivity index (χ3v) is 2.65. The quantitative estimate of drug-likeness (QED) is 0.333. The fourth-order valence-electron chi connectivity index (χ4n) is 0. The second-order valence-corrected chi connectivity index (χ2v) is 4.18. The molecule has 0 spiro atoms. The van der Waals surface area contributed by atoms with Crippen molar-refractivity contribution < 1.29 is 0 Å². The molecule has 30 valence electrons. The monoisotopic (exact) mass is 218 g/mol. The Balaban J connectivity index is 3.60. The normalized spacial score (nSPS) is 6.80. The van der Waals surface area contributed by atoms with Gasteiger partial charge in [-0.15, -0.1) is 0 Å². The van der Waals surface area contributed by atoms with Crippen molar-refractivity contribution in [2.75, 3.05) is 0 Å². The highest BCUT2D eigenvalue weighted by molar-refractivity contribution is 14.1. The second kappa shape index (κ2) is 3.24. The highest BCUT2D eigenvalue weighted by Gasteiger charge is 1.62. The SMILES string of the molecule is CC(I)=S=S. The lowest BCUT2D eigenvalue weighted by atomic mass is 11.0. The summed E-state index contributed by atoms with van der Waals surface area (Å²) in [5, 5.41) is 0. The van der Waals surface area contributed by atoms with E-state index in [2.05, 4.69) is 33.8 Å². The third-order valence-electron chi connectivity index (χ3n) is 0.115. The molecule has 3 heteroatoms. The fraction of sp³-hybridized carbons (Fsp3) is 0.500. The van der Waals surface area contributed by atoms with Crippen molar-refractivity contribution >= 4 is 46.6 Å². The summed E-state index contributed by atoms with van der Waals surface area (Å²) in [7, 11) is 1.37. The van der Waals surface area contributed by atoms with Crippen LogP contribution in [0.15, 0.2) is 0 Å². The van der Waals surface area contributed by atoms with Crippen molar-refractivity contribution in [1.29, 1.82) is 0 Å². The van der Waals surface area contributed by atoms with E-state index < -0.39 is 0 Å². The number of hydrogen-bond donors (Lipinski definition) is 0. The van der Waals surface area contributed by atoms with Gasteiger partial charge in [0.1, 0.15) is 0 Å². The maximum atomic E-state index is 4.55. The zero-order chi connectivity index (χ0) is 4.28. The number of halogens is 1. The Morgan fingerprint density at radius 2 is 2.20 bits per heavy atom. The molecule has 0 heterocycles. The summed E-state index contributed by atoms with van der Waals surface area (Å²) in [6.07, 6.45) is 0. The number of rotatable bonds is 0. The third kappa shape index (κ3) is 5.04. The van der Waals surface area contributed by atoms with E-state index in [0.717, 1.165) is 0 Å². The van der Waals surface area contributed by atoms with Crippen LogP contribution in [0.5, 0.6) is 0 Å². The minimum atomic E-state index is 1.21. The van der Waals surface area contributed by atoms with Gasteiger partial charge in [-0.05, 0) is 40.7 Å². The smallest absolute Gasteiger partial charge is 0.0512 e. The molecule has 0 unspecified atom stereocenters. The highest BCUT2D eigenvalue weighted by atomic mass is 127. The van der Waals surface area contributed by atoms with E-state index in [1.165, 1.54) is 12.8 Å².